The molecule has 0 atom stereocenters. The molecule has 20 heavy (non-hydrogen) atoms. The predicted molar refractivity (Wildman–Crippen MR) is 82.9 cm³/mol. The summed E-state index contributed by atoms with van der Waals surface area (Å²) >= 11 is 12.5. The summed E-state index contributed by atoms with van der Waals surface area (Å²) in [6.07, 6.45) is 0.527. The molecule has 0 spiro atoms. The third-order valence-electron chi connectivity index (χ3n) is 3.56. The molecule has 102 valence electrons. The number of hydrogen-bond acceptors (Lipinski definition) is 2. The van der Waals surface area contributed by atoms with Crippen LogP contribution in [-0.4, -0.2) is 12.3 Å². The minimum absolute atomic E-state index is 0.196. The number of nitrogens with zero attached hydrogens (tertiary/aromatic N) is 1. The molecule has 3 rings (SSSR count). The summed E-state index contributed by atoms with van der Waals surface area (Å²) in [6.45, 7) is 1.31. The first-order chi connectivity index (χ1) is 9.66. The number of carbonyl (C=O) groups excluding carboxylic acids is 1. The molecule has 1 aliphatic rings. The fraction of sp³-hybridized carbons (Fsp3) is 0.188. The zero-order valence-corrected chi connectivity index (χ0v) is 12.3. The maximum absolute atomic E-state index is 11.9. The number of anilines is 1. The Morgan fingerprint density at radius 1 is 1.00 bits per heavy atom. The number of rotatable bonds is 2. The highest BCUT2D eigenvalue weighted by molar-refractivity contribution is 6.36. The van der Waals surface area contributed by atoms with Crippen molar-refractivity contribution >= 4 is 34.7 Å². The van der Waals surface area contributed by atoms with Gasteiger partial charge in [0.1, 0.15) is 0 Å². The molecule has 0 radical (unpaired) electrons. The Bertz CT molecular complexity index is 649. The number of fused-ring (bicyclic) bond motifs is 1. The van der Waals surface area contributed by atoms with Crippen molar-refractivity contribution in [1.82, 2.24) is 0 Å². The third-order valence-corrected chi connectivity index (χ3v) is 4.27. The van der Waals surface area contributed by atoms with Gasteiger partial charge in [-0.15, -0.1) is 0 Å². The maximum atomic E-state index is 11.9. The van der Waals surface area contributed by atoms with Crippen molar-refractivity contribution in [2.24, 2.45) is 0 Å². The highest BCUT2D eigenvalue weighted by atomic mass is 35.5. The summed E-state index contributed by atoms with van der Waals surface area (Å²) < 4.78 is 0. The van der Waals surface area contributed by atoms with Gasteiger partial charge in [-0.25, -0.2) is 0 Å². The second-order valence-corrected chi connectivity index (χ2v) is 5.63. The molecule has 0 saturated heterocycles. The van der Waals surface area contributed by atoms with E-state index >= 15 is 0 Å². The van der Waals surface area contributed by atoms with Gasteiger partial charge in [-0.2, -0.15) is 0 Å². The molecule has 0 aliphatic carbocycles. The quantitative estimate of drug-likeness (QED) is 0.809. The van der Waals surface area contributed by atoms with Crippen LogP contribution in [0.1, 0.15) is 22.3 Å². The van der Waals surface area contributed by atoms with Crippen LogP contribution < -0.4 is 4.90 Å². The van der Waals surface area contributed by atoms with E-state index in [9.17, 15) is 4.79 Å². The smallest absolute Gasteiger partial charge is 0.166 e. The zero-order chi connectivity index (χ0) is 14.1. The van der Waals surface area contributed by atoms with Crippen LogP contribution in [0.4, 0.5) is 5.69 Å². The van der Waals surface area contributed by atoms with E-state index in [4.69, 9.17) is 23.2 Å². The Balaban J connectivity index is 1.97. The van der Waals surface area contributed by atoms with Crippen LogP contribution in [0.15, 0.2) is 42.5 Å². The van der Waals surface area contributed by atoms with E-state index in [1.54, 1.807) is 0 Å². The van der Waals surface area contributed by atoms with E-state index in [1.807, 2.05) is 42.5 Å². The number of ketones is 1. The van der Waals surface area contributed by atoms with Crippen LogP contribution in [0.25, 0.3) is 0 Å². The van der Waals surface area contributed by atoms with Gasteiger partial charge in [0.25, 0.3) is 0 Å². The molecule has 0 aromatic heterocycles. The van der Waals surface area contributed by atoms with Gasteiger partial charge in [0.05, 0.1) is 0 Å². The average molecular weight is 306 g/mol. The fourth-order valence-corrected chi connectivity index (χ4v) is 3.03. The highest BCUT2D eigenvalue weighted by Gasteiger charge is 2.23. The fourth-order valence-electron chi connectivity index (χ4n) is 2.52. The molecule has 1 aliphatic heterocycles. The second kappa shape index (κ2) is 5.47. The van der Waals surface area contributed by atoms with Crippen LogP contribution in [0.3, 0.4) is 0 Å². The first-order valence-electron chi connectivity index (χ1n) is 6.47. The van der Waals surface area contributed by atoms with Crippen molar-refractivity contribution in [3.63, 3.8) is 0 Å². The van der Waals surface area contributed by atoms with E-state index in [0.717, 1.165) is 16.8 Å². The summed E-state index contributed by atoms with van der Waals surface area (Å²) in [7, 11) is 0. The van der Waals surface area contributed by atoms with Crippen LogP contribution in [0, 0.1) is 0 Å². The van der Waals surface area contributed by atoms with Gasteiger partial charge in [-0.1, -0.05) is 41.4 Å². The lowest BCUT2D eigenvalue weighted by Gasteiger charge is -2.31. The lowest BCUT2D eigenvalue weighted by molar-refractivity contribution is 0.0979. The van der Waals surface area contributed by atoms with Crippen LogP contribution in [-0.2, 0) is 6.54 Å². The average Bonchev–Trinajstić information content (AvgIpc) is 2.46. The van der Waals surface area contributed by atoms with Crippen LogP contribution in [0.5, 0.6) is 0 Å². The standard InChI is InChI=1S/C16H13Cl2NO/c17-13-5-3-6-14(18)12(13)10-19-9-8-16(20)11-4-1-2-7-15(11)19/h1-7H,8-10H2. The van der Waals surface area contributed by atoms with Crippen molar-refractivity contribution in [3.05, 3.63) is 63.6 Å². The van der Waals surface area contributed by atoms with E-state index < -0.39 is 0 Å². The number of Topliss-reactive ketones (excluding diaryl/α,β-unsaturated/α-hetero) is 1. The van der Waals surface area contributed by atoms with Gasteiger partial charge in [-0.05, 0) is 24.3 Å². The molecule has 4 heteroatoms. The van der Waals surface area contributed by atoms with Gasteiger partial charge in [-0.3, -0.25) is 4.79 Å². The molecule has 1 heterocycles. The number of benzene rings is 2. The third kappa shape index (κ3) is 2.41. The van der Waals surface area contributed by atoms with Crippen molar-refractivity contribution in [3.8, 4) is 0 Å². The second-order valence-electron chi connectivity index (χ2n) is 4.81. The van der Waals surface area contributed by atoms with E-state index in [-0.39, 0.29) is 5.78 Å². The summed E-state index contributed by atoms with van der Waals surface area (Å²) in [5.74, 6) is 0.196. The topological polar surface area (TPSA) is 20.3 Å². The lowest BCUT2D eigenvalue weighted by Crippen LogP contribution is -2.31. The van der Waals surface area contributed by atoms with E-state index in [2.05, 4.69) is 4.90 Å². The minimum atomic E-state index is 0.196. The molecule has 0 unspecified atom stereocenters. The van der Waals surface area contributed by atoms with Gasteiger partial charge in [0.15, 0.2) is 5.78 Å². The number of hydrogen-bond donors (Lipinski definition) is 0. The Labute approximate surface area is 127 Å². The molecule has 0 N–H and O–H groups in total. The Hall–Kier alpha value is -1.51. The van der Waals surface area contributed by atoms with Crippen molar-refractivity contribution in [2.45, 2.75) is 13.0 Å². The highest BCUT2D eigenvalue weighted by Crippen LogP contribution is 2.32. The molecule has 2 aromatic rings. The number of carbonyl (C=O) groups is 1. The van der Waals surface area contributed by atoms with Crippen molar-refractivity contribution < 1.29 is 4.79 Å². The largest absolute Gasteiger partial charge is 0.366 e. The van der Waals surface area contributed by atoms with Gasteiger partial charge in [0, 0.05) is 46.4 Å². The molecule has 0 bridgehead atoms. The lowest BCUT2D eigenvalue weighted by atomic mass is 10.00. The molecule has 0 fully saturated rings. The van der Waals surface area contributed by atoms with Crippen molar-refractivity contribution in [2.75, 3.05) is 11.4 Å². The zero-order valence-electron chi connectivity index (χ0n) is 10.8. The summed E-state index contributed by atoms with van der Waals surface area (Å²) in [4.78, 5) is 14.1. The Morgan fingerprint density at radius 3 is 2.45 bits per heavy atom. The summed E-state index contributed by atoms with van der Waals surface area (Å²) in [6, 6.07) is 13.2. The molecular weight excluding hydrogens is 293 g/mol. The van der Waals surface area contributed by atoms with Crippen LogP contribution in [0.2, 0.25) is 10.0 Å². The van der Waals surface area contributed by atoms with E-state index in [0.29, 0.717) is 29.6 Å². The Morgan fingerprint density at radius 2 is 1.70 bits per heavy atom. The van der Waals surface area contributed by atoms with Crippen molar-refractivity contribution in [1.29, 1.82) is 0 Å². The first kappa shape index (κ1) is 13.5. The maximum Gasteiger partial charge on any atom is 0.166 e. The molecule has 2 nitrogen and oxygen atoms in total. The first-order valence-corrected chi connectivity index (χ1v) is 7.22. The monoisotopic (exact) mass is 305 g/mol. The SMILES string of the molecule is O=C1CCN(Cc2c(Cl)cccc2Cl)c2ccccc21. The predicted octanol–water partition coefficient (Wildman–Crippen LogP) is 4.59. The molecule has 0 amide bonds. The van der Waals surface area contributed by atoms with Gasteiger partial charge < -0.3 is 4.90 Å². The number of halogens is 2. The van der Waals surface area contributed by atoms with Gasteiger partial charge in [0.2, 0.25) is 0 Å². The van der Waals surface area contributed by atoms with E-state index in [1.165, 1.54) is 0 Å². The minimum Gasteiger partial charge on any atom is -0.366 e. The van der Waals surface area contributed by atoms with Crippen LogP contribution >= 0.6 is 23.2 Å². The summed E-state index contributed by atoms with van der Waals surface area (Å²) in [5.41, 5.74) is 2.64. The van der Waals surface area contributed by atoms with Gasteiger partial charge >= 0.3 is 0 Å². The molecule has 0 saturated carbocycles. The number of para-hydroxylation sites is 1. The Kier molecular flexibility index (Phi) is 3.68. The molecular formula is C16H13Cl2NO. The summed E-state index contributed by atoms with van der Waals surface area (Å²) in [5, 5.41) is 1.32. The molecule has 2 aromatic carbocycles. The normalized spacial score (nSPS) is 14.3.